The minimum Gasteiger partial charge on any atom is -0.444 e. The van der Waals surface area contributed by atoms with Crippen LogP contribution in [0.25, 0.3) is 0 Å². The Bertz CT molecular complexity index is 434. The molecule has 1 aliphatic rings. The Morgan fingerprint density at radius 3 is 2.65 bits per heavy atom. The molecule has 1 aromatic heterocycles. The maximum absolute atomic E-state index is 11.7. The van der Waals surface area contributed by atoms with E-state index in [4.69, 9.17) is 4.74 Å². The highest BCUT2D eigenvalue weighted by atomic mass is 16.6. The normalized spacial score (nSPS) is 16.9. The lowest BCUT2D eigenvalue weighted by Gasteiger charge is -2.34. The van der Waals surface area contributed by atoms with Gasteiger partial charge >= 0.3 is 6.09 Å². The van der Waals surface area contributed by atoms with Crippen molar-refractivity contribution in [3.05, 3.63) is 24.5 Å². The minimum absolute atomic E-state index is 0.192. The topological polar surface area (TPSA) is 54.5 Å². The second-order valence-electron chi connectivity index (χ2n) is 6.12. The van der Waals surface area contributed by atoms with E-state index < -0.39 is 5.60 Å². The van der Waals surface area contributed by atoms with E-state index in [2.05, 4.69) is 21.3 Å². The monoisotopic (exact) mass is 277 g/mol. The molecular formula is C15H23N3O2. The van der Waals surface area contributed by atoms with Gasteiger partial charge < -0.3 is 15.0 Å². The fraction of sp³-hybridized carbons (Fsp3) is 0.600. The largest absolute Gasteiger partial charge is 0.444 e. The number of pyridine rings is 1. The van der Waals surface area contributed by atoms with Gasteiger partial charge in [0.05, 0.1) is 11.9 Å². The van der Waals surface area contributed by atoms with Gasteiger partial charge in [-0.1, -0.05) is 0 Å². The van der Waals surface area contributed by atoms with E-state index in [1.165, 1.54) is 0 Å². The van der Waals surface area contributed by atoms with Crippen molar-refractivity contribution in [2.45, 2.75) is 45.3 Å². The van der Waals surface area contributed by atoms with E-state index in [1.807, 2.05) is 33.0 Å². The van der Waals surface area contributed by atoms with E-state index in [0.29, 0.717) is 0 Å². The number of piperidine rings is 1. The van der Waals surface area contributed by atoms with Crippen molar-refractivity contribution in [3.63, 3.8) is 0 Å². The van der Waals surface area contributed by atoms with Crippen LogP contribution >= 0.6 is 0 Å². The number of anilines is 1. The summed E-state index contributed by atoms with van der Waals surface area (Å²) in [5, 5.41) is 2.94. The van der Waals surface area contributed by atoms with Crippen LogP contribution in [0.2, 0.25) is 0 Å². The van der Waals surface area contributed by atoms with Crippen molar-refractivity contribution >= 4 is 11.8 Å². The zero-order valence-electron chi connectivity index (χ0n) is 12.4. The predicted molar refractivity (Wildman–Crippen MR) is 78.8 cm³/mol. The first-order chi connectivity index (χ1) is 9.44. The van der Waals surface area contributed by atoms with Gasteiger partial charge in [0.2, 0.25) is 0 Å². The summed E-state index contributed by atoms with van der Waals surface area (Å²) in [6.07, 6.45) is 5.18. The highest BCUT2D eigenvalue weighted by molar-refractivity contribution is 5.68. The Balaban J connectivity index is 1.79. The molecule has 1 aliphatic heterocycles. The van der Waals surface area contributed by atoms with Crippen LogP contribution in [0, 0.1) is 0 Å². The van der Waals surface area contributed by atoms with E-state index in [1.54, 1.807) is 6.20 Å². The summed E-state index contributed by atoms with van der Waals surface area (Å²) in [6, 6.07) is 4.20. The molecule has 1 aromatic rings. The second-order valence-corrected chi connectivity index (χ2v) is 6.12. The number of nitrogens with one attached hydrogen (secondary N) is 1. The van der Waals surface area contributed by atoms with Gasteiger partial charge in [0.1, 0.15) is 5.60 Å². The molecule has 1 N–H and O–H groups in total. The summed E-state index contributed by atoms with van der Waals surface area (Å²) in [5.74, 6) is 0. The number of nitrogens with zero attached hydrogens (tertiary/aromatic N) is 2. The number of alkyl carbamates (subject to hydrolysis) is 1. The third-order valence-electron chi connectivity index (χ3n) is 3.23. The van der Waals surface area contributed by atoms with E-state index >= 15 is 0 Å². The van der Waals surface area contributed by atoms with Crippen molar-refractivity contribution in [2.24, 2.45) is 0 Å². The third kappa shape index (κ3) is 4.40. The summed E-state index contributed by atoms with van der Waals surface area (Å²) >= 11 is 0. The highest BCUT2D eigenvalue weighted by Gasteiger charge is 2.23. The Hall–Kier alpha value is -1.78. The Morgan fingerprint density at radius 1 is 1.40 bits per heavy atom. The number of rotatable bonds is 2. The first kappa shape index (κ1) is 14.6. The molecule has 0 bridgehead atoms. The summed E-state index contributed by atoms with van der Waals surface area (Å²) in [4.78, 5) is 18.1. The molecule has 1 fully saturated rings. The molecule has 0 unspecified atom stereocenters. The lowest BCUT2D eigenvalue weighted by atomic mass is 10.0. The van der Waals surface area contributed by atoms with Crippen molar-refractivity contribution in [3.8, 4) is 0 Å². The Kier molecular flexibility index (Phi) is 4.47. The van der Waals surface area contributed by atoms with Crippen LogP contribution in [-0.4, -0.2) is 35.8 Å². The van der Waals surface area contributed by atoms with Gasteiger partial charge in [0, 0.05) is 25.3 Å². The van der Waals surface area contributed by atoms with Gasteiger partial charge in [-0.05, 0) is 45.7 Å². The third-order valence-corrected chi connectivity index (χ3v) is 3.23. The van der Waals surface area contributed by atoms with Crippen LogP contribution in [0.5, 0.6) is 0 Å². The van der Waals surface area contributed by atoms with Gasteiger partial charge in [0.25, 0.3) is 0 Å². The summed E-state index contributed by atoms with van der Waals surface area (Å²) < 4.78 is 5.28. The molecule has 0 aliphatic carbocycles. The first-order valence-corrected chi connectivity index (χ1v) is 7.08. The van der Waals surface area contributed by atoms with Crippen molar-refractivity contribution in [1.29, 1.82) is 0 Å². The number of hydrogen-bond acceptors (Lipinski definition) is 4. The summed E-state index contributed by atoms with van der Waals surface area (Å²) in [6.45, 7) is 7.46. The molecule has 110 valence electrons. The molecule has 20 heavy (non-hydrogen) atoms. The number of amides is 1. The average molecular weight is 277 g/mol. The summed E-state index contributed by atoms with van der Waals surface area (Å²) in [7, 11) is 0. The van der Waals surface area contributed by atoms with Gasteiger partial charge in [0.15, 0.2) is 0 Å². The van der Waals surface area contributed by atoms with Crippen molar-refractivity contribution < 1.29 is 9.53 Å². The fourth-order valence-electron chi connectivity index (χ4n) is 2.30. The molecule has 0 aromatic carbocycles. The molecule has 2 heterocycles. The van der Waals surface area contributed by atoms with Crippen LogP contribution in [0.3, 0.4) is 0 Å². The molecule has 5 heteroatoms. The Morgan fingerprint density at radius 2 is 2.10 bits per heavy atom. The number of ether oxygens (including phenoxy) is 1. The smallest absolute Gasteiger partial charge is 0.407 e. The standard InChI is InChI=1S/C15H23N3O2/c1-15(2,3)20-14(19)17-12-6-9-18(10-7-12)13-5-4-8-16-11-13/h4-5,8,11-12H,6-7,9-10H2,1-3H3,(H,17,19). The van der Waals surface area contributed by atoms with Crippen LogP contribution in [0.1, 0.15) is 33.6 Å². The number of carbonyl (C=O) groups excluding carboxylic acids is 1. The van der Waals surface area contributed by atoms with Gasteiger partial charge in [-0.3, -0.25) is 4.98 Å². The van der Waals surface area contributed by atoms with Crippen LogP contribution in [-0.2, 0) is 4.74 Å². The average Bonchev–Trinajstić information content (AvgIpc) is 2.38. The molecule has 1 amide bonds. The van der Waals surface area contributed by atoms with Crippen LogP contribution in [0.15, 0.2) is 24.5 Å². The van der Waals surface area contributed by atoms with E-state index in [9.17, 15) is 4.79 Å². The van der Waals surface area contributed by atoms with Crippen LogP contribution < -0.4 is 10.2 Å². The zero-order chi connectivity index (χ0) is 14.6. The van der Waals surface area contributed by atoms with Crippen molar-refractivity contribution in [1.82, 2.24) is 10.3 Å². The fourth-order valence-corrected chi connectivity index (χ4v) is 2.30. The molecule has 0 atom stereocenters. The van der Waals surface area contributed by atoms with Gasteiger partial charge in [-0.2, -0.15) is 0 Å². The lowest BCUT2D eigenvalue weighted by molar-refractivity contribution is 0.0497. The molecular weight excluding hydrogens is 254 g/mol. The maximum Gasteiger partial charge on any atom is 0.407 e. The minimum atomic E-state index is -0.444. The van der Waals surface area contributed by atoms with Gasteiger partial charge in [-0.15, -0.1) is 0 Å². The molecule has 2 rings (SSSR count). The molecule has 5 nitrogen and oxygen atoms in total. The maximum atomic E-state index is 11.7. The zero-order valence-corrected chi connectivity index (χ0v) is 12.4. The molecule has 0 spiro atoms. The SMILES string of the molecule is CC(C)(C)OC(=O)NC1CCN(c2cccnc2)CC1. The lowest BCUT2D eigenvalue weighted by Crippen LogP contribution is -2.46. The van der Waals surface area contributed by atoms with Crippen LogP contribution in [0.4, 0.5) is 10.5 Å². The first-order valence-electron chi connectivity index (χ1n) is 7.08. The quantitative estimate of drug-likeness (QED) is 0.902. The second kappa shape index (κ2) is 6.11. The van der Waals surface area contributed by atoms with E-state index in [-0.39, 0.29) is 12.1 Å². The molecule has 1 saturated heterocycles. The van der Waals surface area contributed by atoms with Gasteiger partial charge in [-0.25, -0.2) is 4.79 Å². The number of aromatic nitrogens is 1. The highest BCUT2D eigenvalue weighted by Crippen LogP contribution is 2.19. The Labute approximate surface area is 120 Å². The number of carbonyl (C=O) groups is 1. The summed E-state index contributed by atoms with van der Waals surface area (Å²) in [5.41, 5.74) is 0.698. The van der Waals surface area contributed by atoms with E-state index in [0.717, 1.165) is 31.6 Å². The molecule has 0 radical (unpaired) electrons. The number of hydrogen-bond donors (Lipinski definition) is 1. The predicted octanol–water partition coefficient (Wildman–Crippen LogP) is 2.58. The van der Waals surface area contributed by atoms with Crippen molar-refractivity contribution in [2.75, 3.05) is 18.0 Å². The molecule has 0 saturated carbocycles.